The van der Waals surface area contributed by atoms with Crippen LogP contribution in [0.4, 0.5) is 0 Å². The summed E-state index contributed by atoms with van der Waals surface area (Å²) in [7, 11) is 0. The molecule has 1 fully saturated rings. The zero-order valence-electron chi connectivity index (χ0n) is 11.7. The number of halogens is 1. The lowest BCUT2D eigenvalue weighted by molar-refractivity contribution is -0.127. The molecule has 1 unspecified atom stereocenters. The summed E-state index contributed by atoms with van der Waals surface area (Å²) < 4.78 is 5.55. The van der Waals surface area contributed by atoms with Crippen LogP contribution in [0.1, 0.15) is 26.2 Å². The lowest BCUT2D eigenvalue weighted by atomic mass is 10.3. The lowest BCUT2D eigenvalue weighted by Crippen LogP contribution is -2.37. The Bertz CT molecular complexity index is 449. The van der Waals surface area contributed by atoms with E-state index in [9.17, 15) is 4.79 Å². The van der Waals surface area contributed by atoms with Crippen molar-refractivity contribution >= 4 is 17.5 Å². The van der Waals surface area contributed by atoms with Crippen molar-refractivity contribution in [2.75, 3.05) is 13.1 Å². The van der Waals surface area contributed by atoms with Crippen LogP contribution in [0.25, 0.3) is 0 Å². The van der Waals surface area contributed by atoms with Crippen LogP contribution in [-0.2, 0) is 4.79 Å². The van der Waals surface area contributed by atoms with Gasteiger partial charge in [0.05, 0.1) is 0 Å². The molecule has 5 heteroatoms. The first-order valence-electron chi connectivity index (χ1n) is 7.08. The maximum atomic E-state index is 11.9. The Kier molecular flexibility index (Phi) is 5.68. The molecule has 1 saturated carbocycles. The molecule has 4 nitrogen and oxygen atoms in total. The Morgan fingerprint density at radius 1 is 1.45 bits per heavy atom. The summed E-state index contributed by atoms with van der Waals surface area (Å²) in [6.45, 7) is 3.36. The molecule has 1 aromatic rings. The molecule has 20 heavy (non-hydrogen) atoms. The van der Waals surface area contributed by atoms with Gasteiger partial charge in [-0.1, -0.05) is 17.7 Å². The van der Waals surface area contributed by atoms with E-state index in [0.717, 1.165) is 19.0 Å². The van der Waals surface area contributed by atoms with Gasteiger partial charge < -0.3 is 15.4 Å². The Hall–Kier alpha value is -1.26. The Labute approximate surface area is 124 Å². The van der Waals surface area contributed by atoms with E-state index in [1.807, 2.05) is 0 Å². The van der Waals surface area contributed by atoms with E-state index in [-0.39, 0.29) is 5.91 Å². The molecule has 1 aliphatic carbocycles. The highest BCUT2D eigenvalue weighted by Crippen LogP contribution is 2.18. The number of hydrogen-bond acceptors (Lipinski definition) is 3. The van der Waals surface area contributed by atoms with Crippen LogP contribution >= 0.6 is 11.6 Å². The van der Waals surface area contributed by atoms with Crippen molar-refractivity contribution in [3.63, 3.8) is 0 Å². The van der Waals surface area contributed by atoms with E-state index in [4.69, 9.17) is 16.3 Å². The van der Waals surface area contributed by atoms with Gasteiger partial charge in [-0.05, 0) is 50.9 Å². The predicted molar refractivity (Wildman–Crippen MR) is 80.2 cm³/mol. The number of carbonyl (C=O) groups is 1. The van der Waals surface area contributed by atoms with Crippen molar-refractivity contribution in [1.82, 2.24) is 10.6 Å². The highest BCUT2D eigenvalue weighted by Gasteiger charge is 2.19. The molecular formula is C15H21ClN2O2. The standard InChI is InChI=1S/C15H21ClN2O2/c1-11(20-14-5-2-4-12(16)10-14)15(19)18-9-3-8-17-13-6-7-13/h2,4-5,10-11,13,17H,3,6-9H2,1H3,(H,18,19). The Balaban J connectivity index is 1.63. The molecule has 1 aliphatic rings. The van der Waals surface area contributed by atoms with Crippen molar-refractivity contribution in [1.29, 1.82) is 0 Å². The molecule has 0 heterocycles. The van der Waals surface area contributed by atoms with Gasteiger partial charge in [-0.25, -0.2) is 0 Å². The van der Waals surface area contributed by atoms with Crippen LogP contribution in [0.2, 0.25) is 5.02 Å². The first kappa shape index (κ1) is 15.1. The zero-order chi connectivity index (χ0) is 14.4. The van der Waals surface area contributed by atoms with E-state index < -0.39 is 6.10 Å². The number of carbonyl (C=O) groups excluding carboxylic acids is 1. The molecule has 2 N–H and O–H groups in total. The molecule has 0 spiro atoms. The van der Waals surface area contributed by atoms with Crippen LogP contribution < -0.4 is 15.4 Å². The maximum absolute atomic E-state index is 11.9. The van der Waals surface area contributed by atoms with Crippen LogP contribution in [0.5, 0.6) is 5.75 Å². The van der Waals surface area contributed by atoms with Crippen molar-refractivity contribution in [2.24, 2.45) is 0 Å². The number of ether oxygens (including phenoxy) is 1. The predicted octanol–water partition coefficient (Wildman–Crippen LogP) is 2.37. The molecular weight excluding hydrogens is 276 g/mol. The second-order valence-electron chi connectivity index (χ2n) is 5.09. The number of rotatable bonds is 8. The third-order valence-corrected chi connectivity index (χ3v) is 3.38. The van der Waals surface area contributed by atoms with Crippen molar-refractivity contribution < 1.29 is 9.53 Å². The molecule has 2 rings (SSSR count). The second-order valence-corrected chi connectivity index (χ2v) is 5.53. The largest absolute Gasteiger partial charge is 0.481 e. The van der Waals surface area contributed by atoms with Crippen LogP contribution in [0, 0.1) is 0 Å². The minimum Gasteiger partial charge on any atom is -0.481 e. The Morgan fingerprint density at radius 3 is 2.95 bits per heavy atom. The topological polar surface area (TPSA) is 50.4 Å². The molecule has 1 amide bonds. The summed E-state index contributed by atoms with van der Waals surface area (Å²) >= 11 is 5.87. The summed E-state index contributed by atoms with van der Waals surface area (Å²) in [6, 6.07) is 7.77. The van der Waals surface area contributed by atoms with Gasteiger partial charge in [0.25, 0.3) is 5.91 Å². The number of benzene rings is 1. The first-order chi connectivity index (χ1) is 9.65. The van der Waals surface area contributed by atoms with E-state index in [1.165, 1.54) is 12.8 Å². The SMILES string of the molecule is CC(Oc1cccc(Cl)c1)C(=O)NCCCNC1CC1. The summed E-state index contributed by atoms with van der Waals surface area (Å²) in [5.41, 5.74) is 0. The average Bonchev–Trinajstić information content (AvgIpc) is 3.22. The lowest BCUT2D eigenvalue weighted by Gasteiger charge is -2.15. The smallest absolute Gasteiger partial charge is 0.260 e. The van der Waals surface area contributed by atoms with Gasteiger partial charge in [0, 0.05) is 17.6 Å². The fourth-order valence-corrected chi connectivity index (χ4v) is 2.02. The monoisotopic (exact) mass is 296 g/mol. The van der Waals surface area contributed by atoms with Gasteiger partial charge in [0.1, 0.15) is 5.75 Å². The quantitative estimate of drug-likeness (QED) is 0.724. The van der Waals surface area contributed by atoms with Crippen molar-refractivity contribution in [3.8, 4) is 5.75 Å². The second kappa shape index (κ2) is 7.50. The van der Waals surface area contributed by atoms with E-state index in [0.29, 0.717) is 17.3 Å². The summed E-state index contributed by atoms with van der Waals surface area (Å²) in [5, 5.41) is 6.88. The van der Waals surface area contributed by atoms with Gasteiger partial charge in [-0.3, -0.25) is 4.79 Å². The molecule has 0 aromatic heterocycles. The van der Waals surface area contributed by atoms with Gasteiger partial charge in [-0.15, -0.1) is 0 Å². The molecule has 0 bridgehead atoms. The first-order valence-corrected chi connectivity index (χ1v) is 7.46. The van der Waals surface area contributed by atoms with Gasteiger partial charge in [-0.2, -0.15) is 0 Å². The fourth-order valence-electron chi connectivity index (χ4n) is 1.84. The van der Waals surface area contributed by atoms with Crippen molar-refractivity contribution in [3.05, 3.63) is 29.3 Å². The maximum Gasteiger partial charge on any atom is 0.260 e. The highest BCUT2D eigenvalue weighted by molar-refractivity contribution is 6.30. The van der Waals surface area contributed by atoms with Crippen LogP contribution in [0.3, 0.4) is 0 Å². The molecule has 1 atom stereocenters. The molecule has 1 aromatic carbocycles. The van der Waals surface area contributed by atoms with Crippen molar-refractivity contribution in [2.45, 2.75) is 38.3 Å². The number of hydrogen-bond donors (Lipinski definition) is 2. The van der Waals surface area contributed by atoms with E-state index in [1.54, 1.807) is 31.2 Å². The third-order valence-electron chi connectivity index (χ3n) is 3.14. The van der Waals surface area contributed by atoms with Gasteiger partial charge >= 0.3 is 0 Å². The summed E-state index contributed by atoms with van der Waals surface area (Å²) in [5.74, 6) is 0.506. The molecule has 0 saturated heterocycles. The normalized spacial score (nSPS) is 15.7. The fraction of sp³-hybridized carbons (Fsp3) is 0.533. The Morgan fingerprint density at radius 2 is 2.25 bits per heavy atom. The highest BCUT2D eigenvalue weighted by atomic mass is 35.5. The third kappa shape index (κ3) is 5.39. The van der Waals surface area contributed by atoms with E-state index in [2.05, 4.69) is 10.6 Å². The van der Waals surface area contributed by atoms with Crippen LogP contribution in [-0.4, -0.2) is 31.1 Å². The number of amides is 1. The van der Waals surface area contributed by atoms with Gasteiger partial charge in [0.15, 0.2) is 6.10 Å². The molecule has 0 aliphatic heterocycles. The molecule has 0 radical (unpaired) electrons. The minimum atomic E-state index is -0.523. The zero-order valence-corrected chi connectivity index (χ0v) is 12.5. The van der Waals surface area contributed by atoms with E-state index >= 15 is 0 Å². The number of nitrogens with one attached hydrogen (secondary N) is 2. The summed E-state index contributed by atoms with van der Waals surface area (Å²) in [6.07, 6.45) is 2.99. The van der Waals surface area contributed by atoms with Crippen LogP contribution in [0.15, 0.2) is 24.3 Å². The summed E-state index contributed by atoms with van der Waals surface area (Å²) in [4.78, 5) is 11.9. The minimum absolute atomic E-state index is 0.101. The van der Waals surface area contributed by atoms with Gasteiger partial charge in [0.2, 0.25) is 0 Å². The molecule has 110 valence electrons. The average molecular weight is 297 g/mol.